The summed E-state index contributed by atoms with van der Waals surface area (Å²) in [5, 5.41) is 0.826. The molecule has 3 heterocycles. The molecule has 3 aromatic rings. The summed E-state index contributed by atoms with van der Waals surface area (Å²) in [6.45, 7) is 1.11. The van der Waals surface area contributed by atoms with E-state index in [1.165, 1.54) is 0 Å². The van der Waals surface area contributed by atoms with E-state index in [9.17, 15) is 9.59 Å². The Morgan fingerprint density at radius 2 is 2.03 bits per heavy atom. The summed E-state index contributed by atoms with van der Waals surface area (Å²) in [5.74, 6) is -0.178. The Kier molecular flexibility index (Phi) is 4.73. The molecule has 5 nitrogen and oxygen atoms in total. The molecule has 7 heteroatoms. The van der Waals surface area contributed by atoms with Gasteiger partial charge in [-0.2, -0.15) is 0 Å². The summed E-state index contributed by atoms with van der Waals surface area (Å²) >= 11 is 9.60. The highest BCUT2D eigenvalue weighted by molar-refractivity contribution is 9.10. The van der Waals surface area contributed by atoms with Gasteiger partial charge in [0.25, 0.3) is 5.91 Å². The first kappa shape index (κ1) is 18.9. The van der Waals surface area contributed by atoms with Crippen LogP contribution in [0.15, 0.2) is 56.1 Å². The Hall–Kier alpha value is -2.15. The van der Waals surface area contributed by atoms with Crippen LogP contribution in [0.5, 0.6) is 0 Å². The number of fused-ring (bicyclic) bond motifs is 2. The van der Waals surface area contributed by atoms with Crippen molar-refractivity contribution in [3.63, 3.8) is 0 Å². The van der Waals surface area contributed by atoms with Gasteiger partial charge in [0.15, 0.2) is 5.43 Å². The fraction of sp³-hybridized carbons (Fsp3) is 0.273. The molecule has 2 atom stereocenters. The number of ether oxygens (including phenoxy) is 1. The van der Waals surface area contributed by atoms with Crippen molar-refractivity contribution in [2.24, 2.45) is 0 Å². The molecule has 0 radical (unpaired) electrons. The molecule has 0 bridgehead atoms. The third-order valence-electron chi connectivity index (χ3n) is 5.52. The molecular formula is C22H17BrClNO4. The van der Waals surface area contributed by atoms with Crippen LogP contribution >= 0.6 is 27.5 Å². The van der Waals surface area contributed by atoms with E-state index in [2.05, 4.69) is 15.9 Å². The number of benzene rings is 2. The van der Waals surface area contributed by atoms with E-state index in [0.29, 0.717) is 34.7 Å². The molecule has 1 amide bonds. The second-order valence-corrected chi connectivity index (χ2v) is 8.72. The molecule has 1 aromatic heterocycles. The van der Waals surface area contributed by atoms with Crippen LogP contribution in [0.2, 0.25) is 5.02 Å². The number of carbonyl (C=O) groups is 1. The number of halogens is 2. The van der Waals surface area contributed by atoms with Gasteiger partial charge in [0.2, 0.25) is 5.76 Å². The van der Waals surface area contributed by atoms with Crippen LogP contribution in [0, 0.1) is 0 Å². The fourth-order valence-electron chi connectivity index (χ4n) is 4.21. The zero-order valence-electron chi connectivity index (χ0n) is 15.4. The monoisotopic (exact) mass is 473 g/mol. The first-order chi connectivity index (χ1) is 14.0. The minimum Gasteiger partial charge on any atom is -0.450 e. The molecule has 1 fully saturated rings. The van der Waals surface area contributed by atoms with E-state index < -0.39 is 6.04 Å². The van der Waals surface area contributed by atoms with E-state index in [1.54, 1.807) is 23.1 Å². The Labute approximate surface area is 180 Å². The third-order valence-corrected chi connectivity index (χ3v) is 6.24. The summed E-state index contributed by atoms with van der Waals surface area (Å²) in [4.78, 5) is 28.4. The van der Waals surface area contributed by atoms with Gasteiger partial charge >= 0.3 is 0 Å². The average Bonchev–Trinajstić information content (AvgIpc) is 3.31. The van der Waals surface area contributed by atoms with Crippen molar-refractivity contribution in [1.82, 2.24) is 4.90 Å². The van der Waals surface area contributed by atoms with Crippen molar-refractivity contribution >= 4 is 44.4 Å². The molecule has 0 spiro atoms. The molecule has 2 aliphatic heterocycles. The van der Waals surface area contributed by atoms with E-state index in [-0.39, 0.29) is 23.2 Å². The quantitative estimate of drug-likeness (QED) is 0.540. The molecule has 148 valence electrons. The second-order valence-electron chi connectivity index (χ2n) is 7.36. The lowest BCUT2D eigenvalue weighted by molar-refractivity contribution is 0.0486. The highest BCUT2D eigenvalue weighted by Gasteiger charge is 2.43. The van der Waals surface area contributed by atoms with Gasteiger partial charge in [-0.15, -0.1) is 0 Å². The Morgan fingerprint density at radius 3 is 2.79 bits per heavy atom. The molecule has 0 unspecified atom stereocenters. The van der Waals surface area contributed by atoms with E-state index in [4.69, 9.17) is 20.8 Å². The highest BCUT2D eigenvalue weighted by atomic mass is 79.9. The van der Waals surface area contributed by atoms with Crippen molar-refractivity contribution in [3.05, 3.63) is 79.1 Å². The van der Waals surface area contributed by atoms with Crippen LogP contribution < -0.4 is 5.43 Å². The van der Waals surface area contributed by atoms with Gasteiger partial charge in [-0.1, -0.05) is 39.7 Å². The molecule has 0 N–H and O–H groups in total. The van der Waals surface area contributed by atoms with E-state index in [1.807, 2.05) is 24.3 Å². The molecular weight excluding hydrogens is 458 g/mol. The van der Waals surface area contributed by atoms with E-state index in [0.717, 1.165) is 22.9 Å². The predicted octanol–water partition coefficient (Wildman–Crippen LogP) is 4.93. The Morgan fingerprint density at radius 1 is 1.17 bits per heavy atom. The topological polar surface area (TPSA) is 59.8 Å². The Balaban J connectivity index is 1.72. The summed E-state index contributed by atoms with van der Waals surface area (Å²) < 4.78 is 12.6. The van der Waals surface area contributed by atoms with Crippen LogP contribution in [-0.4, -0.2) is 30.1 Å². The lowest BCUT2D eigenvalue weighted by Gasteiger charge is -2.27. The molecule has 1 saturated heterocycles. The molecule has 29 heavy (non-hydrogen) atoms. The number of rotatable bonds is 3. The van der Waals surface area contributed by atoms with Crippen molar-refractivity contribution in [1.29, 1.82) is 0 Å². The average molecular weight is 475 g/mol. The van der Waals surface area contributed by atoms with Crippen molar-refractivity contribution in [3.8, 4) is 0 Å². The molecule has 2 aromatic carbocycles. The predicted molar refractivity (Wildman–Crippen MR) is 113 cm³/mol. The zero-order chi connectivity index (χ0) is 20.1. The molecule has 5 rings (SSSR count). The zero-order valence-corrected chi connectivity index (χ0v) is 17.7. The Bertz CT molecular complexity index is 1190. The number of hydrogen-bond donors (Lipinski definition) is 0. The minimum atomic E-state index is -0.529. The summed E-state index contributed by atoms with van der Waals surface area (Å²) in [7, 11) is 0. The summed E-state index contributed by atoms with van der Waals surface area (Å²) in [6.07, 6.45) is 1.83. The largest absolute Gasteiger partial charge is 0.450 e. The van der Waals surface area contributed by atoms with Gasteiger partial charge in [0.1, 0.15) is 5.58 Å². The van der Waals surface area contributed by atoms with Crippen molar-refractivity contribution in [2.75, 3.05) is 13.2 Å². The normalized spacial score (nSPS) is 21.2. The minimum absolute atomic E-state index is 0.0399. The maximum atomic E-state index is 13.4. The van der Waals surface area contributed by atoms with Crippen LogP contribution in [0.25, 0.3) is 11.0 Å². The van der Waals surface area contributed by atoms with Gasteiger partial charge in [-0.05, 0) is 48.7 Å². The maximum absolute atomic E-state index is 13.4. The van der Waals surface area contributed by atoms with E-state index >= 15 is 0 Å². The number of carbonyl (C=O) groups excluding carboxylic acids is 1. The first-order valence-electron chi connectivity index (χ1n) is 9.47. The highest BCUT2D eigenvalue weighted by Crippen LogP contribution is 2.39. The van der Waals surface area contributed by atoms with Crippen LogP contribution in [0.4, 0.5) is 0 Å². The van der Waals surface area contributed by atoms with Crippen LogP contribution in [0.3, 0.4) is 0 Å². The SMILES string of the molecule is O=C1c2oc3ccc(Cl)cc3c(=O)c2[C@H](c2cccc(Br)c2)N1C[C@H]1CCCO1. The van der Waals surface area contributed by atoms with Gasteiger partial charge in [-0.25, -0.2) is 0 Å². The first-order valence-corrected chi connectivity index (χ1v) is 10.6. The number of amides is 1. The standard InChI is InChI=1S/C22H17BrClNO4/c23-13-4-1-3-12(9-13)19-18-20(26)16-10-14(24)6-7-17(16)29-21(18)22(27)25(19)11-15-5-2-8-28-15/h1,3-4,6-7,9-10,15,19H,2,5,8,11H2/t15-,19+/m1/s1. The van der Waals surface area contributed by atoms with Gasteiger partial charge in [-0.3, -0.25) is 9.59 Å². The number of hydrogen-bond acceptors (Lipinski definition) is 4. The third kappa shape index (κ3) is 3.19. The lowest BCUT2D eigenvalue weighted by Crippen LogP contribution is -2.36. The van der Waals surface area contributed by atoms with Gasteiger partial charge < -0.3 is 14.1 Å². The number of nitrogens with zero attached hydrogens (tertiary/aromatic N) is 1. The van der Waals surface area contributed by atoms with Crippen molar-refractivity contribution in [2.45, 2.75) is 25.0 Å². The van der Waals surface area contributed by atoms with Crippen molar-refractivity contribution < 1.29 is 13.9 Å². The molecule has 0 saturated carbocycles. The van der Waals surface area contributed by atoms with Crippen LogP contribution in [0.1, 0.15) is 40.6 Å². The summed E-state index contributed by atoms with van der Waals surface area (Å²) in [5.41, 5.74) is 1.34. The second kappa shape index (κ2) is 7.27. The van der Waals surface area contributed by atoms with Crippen LogP contribution in [-0.2, 0) is 4.74 Å². The maximum Gasteiger partial charge on any atom is 0.291 e. The fourth-order valence-corrected chi connectivity index (χ4v) is 4.80. The molecule has 2 aliphatic rings. The van der Waals surface area contributed by atoms with Gasteiger partial charge in [0, 0.05) is 22.6 Å². The smallest absolute Gasteiger partial charge is 0.291 e. The van der Waals surface area contributed by atoms with Gasteiger partial charge in [0.05, 0.1) is 23.1 Å². The lowest BCUT2D eigenvalue weighted by atomic mass is 9.98. The summed E-state index contributed by atoms with van der Waals surface area (Å²) in [6, 6.07) is 12.0. The molecule has 0 aliphatic carbocycles.